The highest BCUT2D eigenvalue weighted by molar-refractivity contribution is 5.69. The van der Waals surface area contributed by atoms with Crippen LogP contribution in [0.5, 0.6) is 0 Å². The van der Waals surface area contributed by atoms with Crippen molar-refractivity contribution >= 4 is 11.9 Å². The van der Waals surface area contributed by atoms with Crippen LogP contribution in [-0.4, -0.2) is 28.4 Å². The minimum absolute atomic E-state index is 0.132. The second-order valence-electron chi connectivity index (χ2n) is 3.69. The quantitative estimate of drug-likeness (QED) is 0.359. The molecule has 0 aromatic rings. The summed E-state index contributed by atoms with van der Waals surface area (Å²) in [7, 11) is 0. The zero-order valence-corrected chi connectivity index (χ0v) is 9.65. The number of carbonyl (C=O) groups is 2. The summed E-state index contributed by atoms with van der Waals surface area (Å²) in [6.07, 6.45) is 2.43. The van der Waals surface area contributed by atoms with Crippen LogP contribution in [0.15, 0.2) is 0 Å². The molecule has 0 aliphatic heterocycles. The third-order valence-corrected chi connectivity index (χ3v) is 2.07. The Kier molecular flexibility index (Phi) is 8.52. The number of hydrogen-bond acceptors (Lipinski definition) is 4. The van der Waals surface area contributed by atoms with Gasteiger partial charge in [-0.15, -0.1) is 0 Å². The van der Waals surface area contributed by atoms with Crippen LogP contribution in [0, 0.1) is 0 Å². The van der Waals surface area contributed by atoms with Crippen LogP contribution < -0.4 is 0 Å². The number of ether oxygens (including phenoxy) is 1. The highest BCUT2D eigenvalue weighted by Gasteiger charge is 2.09. The smallest absolute Gasteiger partial charge is 0.308 e. The van der Waals surface area contributed by atoms with Crippen molar-refractivity contribution in [1.82, 2.24) is 0 Å². The molecule has 1 atom stereocenters. The summed E-state index contributed by atoms with van der Waals surface area (Å²) in [5, 5.41) is 17.5. The Hall–Kier alpha value is -1.10. The Morgan fingerprint density at radius 1 is 1.19 bits per heavy atom. The van der Waals surface area contributed by atoms with E-state index in [9.17, 15) is 14.7 Å². The van der Waals surface area contributed by atoms with Crippen molar-refractivity contribution in [2.45, 2.75) is 58.2 Å². The first-order valence-corrected chi connectivity index (χ1v) is 5.65. The molecule has 0 bridgehead atoms. The lowest BCUT2D eigenvalue weighted by Crippen LogP contribution is -2.16. The summed E-state index contributed by atoms with van der Waals surface area (Å²) in [6, 6.07) is 0. The van der Waals surface area contributed by atoms with Gasteiger partial charge in [0.2, 0.25) is 6.29 Å². The minimum Gasteiger partial charge on any atom is -0.481 e. The Labute approximate surface area is 95.4 Å². The molecule has 0 aliphatic rings. The average molecular weight is 232 g/mol. The molecule has 0 spiro atoms. The van der Waals surface area contributed by atoms with Crippen LogP contribution >= 0.6 is 0 Å². The van der Waals surface area contributed by atoms with Gasteiger partial charge in [0.1, 0.15) is 0 Å². The first kappa shape index (κ1) is 14.9. The van der Waals surface area contributed by atoms with Crippen LogP contribution in [0.1, 0.15) is 51.9 Å². The SMILES string of the molecule is CCCC(O)OC(=O)CCCCCC(=O)O. The standard InChI is InChI=1S/C11H20O5/c1-2-6-10(14)16-11(15)8-5-3-4-7-9(12)13/h10,14H,2-8H2,1H3,(H,12,13). The predicted molar refractivity (Wildman–Crippen MR) is 57.7 cm³/mol. The number of carbonyl (C=O) groups excluding carboxylic acids is 1. The first-order chi connectivity index (χ1) is 7.56. The fourth-order valence-electron chi connectivity index (χ4n) is 1.24. The maximum Gasteiger partial charge on any atom is 0.308 e. The summed E-state index contributed by atoms with van der Waals surface area (Å²) in [5.74, 6) is -1.24. The molecule has 1 unspecified atom stereocenters. The molecular weight excluding hydrogens is 212 g/mol. The Morgan fingerprint density at radius 3 is 2.38 bits per heavy atom. The molecule has 0 amide bonds. The third kappa shape index (κ3) is 9.45. The molecule has 5 heteroatoms. The van der Waals surface area contributed by atoms with Crippen molar-refractivity contribution in [1.29, 1.82) is 0 Å². The summed E-state index contributed by atoms with van der Waals surface area (Å²) >= 11 is 0. The summed E-state index contributed by atoms with van der Waals surface area (Å²) in [5.41, 5.74) is 0. The fraction of sp³-hybridized carbons (Fsp3) is 0.818. The van der Waals surface area contributed by atoms with Gasteiger partial charge in [0.15, 0.2) is 0 Å². The van der Waals surface area contributed by atoms with Crippen molar-refractivity contribution in [3.05, 3.63) is 0 Å². The van der Waals surface area contributed by atoms with Crippen molar-refractivity contribution in [2.24, 2.45) is 0 Å². The van der Waals surface area contributed by atoms with Crippen LogP contribution in [0.4, 0.5) is 0 Å². The Balaban J connectivity index is 3.40. The number of carboxylic acids is 1. The van der Waals surface area contributed by atoms with Crippen molar-refractivity contribution in [3.8, 4) is 0 Å². The van der Waals surface area contributed by atoms with Crippen LogP contribution in [0.3, 0.4) is 0 Å². The van der Waals surface area contributed by atoms with E-state index in [0.29, 0.717) is 25.7 Å². The number of esters is 1. The molecule has 0 heterocycles. The molecule has 0 aromatic carbocycles. The van der Waals surface area contributed by atoms with Gasteiger partial charge in [-0.25, -0.2) is 0 Å². The highest BCUT2D eigenvalue weighted by atomic mass is 16.6. The van der Waals surface area contributed by atoms with Crippen molar-refractivity contribution in [2.75, 3.05) is 0 Å². The van der Waals surface area contributed by atoms with E-state index in [4.69, 9.17) is 9.84 Å². The minimum atomic E-state index is -1.00. The van der Waals surface area contributed by atoms with Gasteiger partial charge in [-0.2, -0.15) is 0 Å². The lowest BCUT2D eigenvalue weighted by atomic mass is 10.1. The molecule has 16 heavy (non-hydrogen) atoms. The zero-order chi connectivity index (χ0) is 12.4. The molecule has 0 saturated heterocycles. The highest BCUT2D eigenvalue weighted by Crippen LogP contribution is 2.06. The van der Waals surface area contributed by atoms with E-state index in [1.807, 2.05) is 6.92 Å². The van der Waals surface area contributed by atoms with Gasteiger partial charge in [0.05, 0.1) is 0 Å². The maximum absolute atomic E-state index is 11.1. The Morgan fingerprint density at radius 2 is 1.81 bits per heavy atom. The predicted octanol–water partition coefficient (Wildman–Crippen LogP) is 1.68. The monoisotopic (exact) mass is 232 g/mol. The largest absolute Gasteiger partial charge is 0.481 e. The number of aliphatic hydroxyl groups excluding tert-OH is 1. The molecule has 0 saturated carbocycles. The van der Waals surface area contributed by atoms with Gasteiger partial charge in [-0.3, -0.25) is 9.59 Å². The van der Waals surface area contributed by atoms with Gasteiger partial charge >= 0.3 is 11.9 Å². The summed E-state index contributed by atoms with van der Waals surface area (Å²) in [4.78, 5) is 21.3. The summed E-state index contributed by atoms with van der Waals surface area (Å²) in [6.45, 7) is 1.89. The number of aliphatic hydroxyl groups is 1. The normalized spacial score (nSPS) is 12.1. The maximum atomic E-state index is 11.1. The van der Waals surface area contributed by atoms with Crippen molar-refractivity contribution in [3.63, 3.8) is 0 Å². The zero-order valence-electron chi connectivity index (χ0n) is 9.65. The lowest BCUT2D eigenvalue weighted by Gasteiger charge is -2.10. The molecule has 2 N–H and O–H groups in total. The first-order valence-electron chi connectivity index (χ1n) is 5.65. The van der Waals surface area contributed by atoms with E-state index >= 15 is 0 Å². The van der Waals surface area contributed by atoms with E-state index in [0.717, 1.165) is 6.42 Å². The van der Waals surface area contributed by atoms with Crippen molar-refractivity contribution < 1.29 is 24.5 Å². The Bertz CT molecular complexity index is 214. The van der Waals surface area contributed by atoms with Gasteiger partial charge in [-0.05, 0) is 12.8 Å². The lowest BCUT2D eigenvalue weighted by molar-refractivity contribution is -0.168. The van der Waals surface area contributed by atoms with Crippen LogP contribution in [0.2, 0.25) is 0 Å². The molecule has 0 radical (unpaired) electrons. The van der Waals surface area contributed by atoms with E-state index in [2.05, 4.69) is 0 Å². The number of aliphatic carboxylic acids is 1. The molecule has 5 nitrogen and oxygen atoms in total. The molecule has 0 fully saturated rings. The van der Waals surface area contributed by atoms with E-state index in [-0.39, 0.29) is 12.8 Å². The number of unbranched alkanes of at least 4 members (excludes halogenated alkanes) is 2. The van der Waals surface area contributed by atoms with Gasteiger partial charge in [0, 0.05) is 19.3 Å². The molecular formula is C11H20O5. The number of carboxylic acid groups (broad SMARTS) is 1. The average Bonchev–Trinajstić information content (AvgIpc) is 2.16. The molecule has 0 rings (SSSR count). The fourth-order valence-corrected chi connectivity index (χ4v) is 1.24. The molecule has 0 aliphatic carbocycles. The number of rotatable bonds is 9. The van der Waals surface area contributed by atoms with E-state index in [1.54, 1.807) is 0 Å². The van der Waals surface area contributed by atoms with Gasteiger partial charge < -0.3 is 14.9 Å². The van der Waals surface area contributed by atoms with Gasteiger partial charge in [-0.1, -0.05) is 19.8 Å². The third-order valence-electron chi connectivity index (χ3n) is 2.07. The van der Waals surface area contributed by atoms with Crippen LogP contribution in [-0.2, 0) is 14.3 Å². The second-order valence-corrected chi connectivity index (χ2v) is 3.69. The van der Waals surface area contributed by atoms with E-state index < -0.39 is 18.2 Å². The summed E-state index contributed by atoms with van der Waals surface area (Å²) < 4.78 is 4.72. The number of hydrogen-bond donors (Lipinski definition) is 2. The second kappa shape index (κ2) is 9.15. The molecule has 0 aromatic heterocycles. The molecule has 94 valence electrons. The van der Waals surface area contributed by atoms with Crippen LogP contribution in [0.25, 0.3) is 0 Å². The van der Waals surface area contributed by atoms with E-state index in [1.165, 1.54) is 0 Å². The van der Waals surface area contributed by atoms with Gasteiger partial charge in [0.25, 0.3) is 0 Å². The topological polar surface area (TPSA) is 83.8 Å².